The molecule has 0 spiro atoms. The van der Waals surface area contributed by atoms with Crippen LogP contribution < -0.4 is 9.47 Å². The maximum absolute atomic E-state index is 6.55. The fourth-order valence-corrected chi connectivity index (χ4v) is 2.55. The number of methoxy groups -OCH3 is 2. The molecule has 0 aliphatic rings. The average Bonchev–Trinajstić information content (AvgIpc) is 2.55. The van der Waals surface area contributed by atoms with Crippen LogP contribution in [0.5, 0.6) is 11.5 Å². The number of nitrogens with zero attached hydrogens (tertiary/aromatic N) is 1. The summed E-state index contributed by atoms with van der Waals surface area (Å²) in [5.41, 5.74) is 2.73. The number of aromatic nitrogens is 1. The van der Waals surface area contributed by atoms with Gasteiger partial charge < -0.3 is 9.47 Å². The molecule has 0 N–H and O–H groups in total. The van der Waals surface area contributed by atoms with Gasteiger partial charge in [0, 0.05) is 17.1 Å². The van der Waals surface area contributed by atoms with E-state index in [2.05, 4.69) is 4.98 Å². The second kappa shape index (κ2) is 5.62. The van der Waals surface area contributed by atoms with Gasteiger partial charge in [-0.1, -0.05) is 23.7 Å². The Labute approximate surface area is 128 Å². The number of halogens is 1. The van der Waals surface area contributed by atoms with Crippen LogP contribution in [0, 0.1) is 0 Å². The lowest BCUT2D eigenvalue weighted by Gasteiger charge is -2.09. The summed E-state index contributed by atoms with van der Waals surface area (Å²) in [5.74, 6) is 1.57. The number of benzene rings is 2. The van der Waals surface area contributed by atoms with Gasteiger partial charge in [0.15, 0.2) is 0 Å². The maximum Gasteiger partial charge on any atom is 0.119 e. The van der Waals surface area contributed by atoms with E-state index in [-0.39, 0.29) is 0 Å². The van der Waals surface area contributed by atoms with Crippen molar-refractivity contribution in [3.05, 3.63) is 53.7 Å². The van der Waals surface area contributed by atoms with Gasteiger partial charge in [-0.3, -0.25) is 4.98 Å². The third-order valence-corrected chi connectivity index (χ3v) is 3.82. The molecule has 0 saturated carbocycles. The topological polar surface area (TPSA) is 31.4 Å². The Morgan fingerprint density at radius 3 is 2.24 bits per heavy atom. The van der Waals surface area contributed by atoms with E-state index in [0.29, 0.717) is 5.02 Å². The Hall–Kier alpha value is -2.26. The van der Waals surface area contributed by atoms with Gasteiger partial charge in [0.05, 0.1) is 24.8 Å². The van der Waals surface area contributed by atoms with Crippen LogP contribution in [0.4, 0.5) is 0 Å². The first kappa shape index (κ1) is 13.7. The first-order chi connectivity index (χ1) is 10.2. The summed E-state index contributed by atoms with van der Waals surface area (Å²) in [4.78, 5) is 4.47. The minimum atomic E-state index is 0.670. The van der Waals surface area contributed by atoms with Gasteiger partial charge in [-0.2, -0.15) is 0 Å². The van der Waals surface area contributed by atoms with Crippen molar-refractivity contribution in [3.63, 3.8) is 0 Å². The molecule has 0 aliphatic heterocycles. The molecule has 3 aromatic rings. The highest BCUT2D eigenvalue weighted by Crippen LogP contribution is 2.35. The molecular weight excluding hydrogens is 286 g/mol. The van der Waals surface area contributed by atoms with Gasteiger partial charge >= 0.3 is 0 Å². The molecular formula is C17H14ClNO2. The lowest BCUT2D eigenvalue weighted by Crippen LogP contribution is -1.88. The Bertz CT molecular complexity index is 785. The first-order valence-electron chi connectivity index (χ1n) is 6.49. The van der Waals surface area contributed by atoms with Crippen LogP contribution in [0.2, 0.25) is 5.02 Å². The SMILES string of the molecule is COc1ccc(-c2cnc3ccc(OC)cc3c2Cl)cc1. The van der Waals surface area contributed by atoms with Gasteiger partial charge in [0.2, 0.25) is 0 Å². The molecule has 0 fully saturated rings. The Balaban J connectivity index is 2.15. The fourth-order valence-electron chi connectivity index (χ4n) is 2.24. The summed E-state index contributed by atoms with van der Waals surface area (Å²) < 4.78 is 10.4. The second-order valence-corrected chi connectivity index (χ2v) is 4.98. The van der Waals surface area contributed by atoms with Crippen LogP contribution in [-0.4, -0.2) is 19.2 Å². The van der Waals surface area contributed by atoms with E-state index in [1.165, 1.54) is 0 Å². The molecule has 0 unspecified atom stereocenters. The van der Waals surface area contributed by atoms with Crippen molar-refractivity contribution in [1.82, 2.24) is 4.98 Å². The van der Waals surface area contributed by atoms with E-state index >= 15 is 0 Å². The van der Waals surface area contributed by atoms with Crippen molar-refractivity contribution in [3.8, 4) is 22.6 Å². The molecule has 2 aromatic carbocycles. The molecule has 21 heavy (non-hydrogen) atoms. The standard InChI is InChI=1S/C17H14ClNO2/c1-20-12-5-3-11(4-6-12)15-10-19-16-8-7-13(21-2)9-14(16)17(15)18/h3-10H,1-2H3. The van der Waals surface area contributed by atoms with Gasteiger partial charge in [0.1, 0.15) is 11.5 Å². The molecule has 3 rings (SSSR count). The highest BCUT2D eigenvalue weighted by Gasteiger charge is 2.10. The maximum atomic E-state index is 6.55. The van der Waals surface area contributed by atoms with E-state index in [4.69, 9.17) is 21.1 Å². The summed E-state index contributed by atoms with van der Waals surface area (Å²) in [6.45, 7) is 0. The highest BCUT2D eigenvalue weighted by molar-refractivity contribution is 6.38. The predicted molar refractivity (Wildman–Crippen MR) is 85.3 cm³/mol. The van der Waals surface area contributed by atoms with Gasteiger partial charge in [0.25, 0.3) is 0 Å². The molecule has 0 saturated heterocycles. The Kier molecular flexibility index (Phi) is 3.67. The van der Waals surface area contributed by atoms with Crippen LogP contribution in [0.3, 0.4) is 0 Å². The monoisotopic (exact) mass is 299 g/mol. The van der Waals surface area contributed by atoms with Crippen molar-refractivity contribution < 1.29 is 9.47 Å². The molecule has 0 amide bonds. The number of ether oxygens (including phenoxy) is 2. The fraction of sp³-hybridized carbons (Fsp3) is 0.118. The van der Waals surface area contributed by atoms with E-state index in [9.17, 15) is 0 Å². The van der Waals surface area contributed by atoms with E-state index in [1.54, 1.807) is 20.4 Å². The molecule has 0 bridgehead atoms. The summed E-state index contributed by atoms with van der Waals surface area (Å²) in [6.07, 6.45) is 1.79. The first-order valence-corrected chi connectivity index (χ1v) is 6.87. The van der Waals surface area contributed by atoms with E-state index in [0.717, 1.165) is 33.5 Å². The number of hydrogen-bond donors (Lipinski definition) is 0. The molecule has 3 nitrogen and oxygen atoms in total. The zero-order valence-electron chi connectivity index (χ0n) is 11.8. The summed E-state index contributed by atoms with van der Waals surface area (Å²) >= 11 is 6.55. The smallest absolute Gasteiger partial charge is 0.119 e. The number of rotatable bonds is 3. The molecule has 4 heteroatoms. The summed E-state index contributed by atoms with van der Waals surface area (Å²) in [6, 6.07) is 13.4. The van der Waals surface area contributed by atoms with Crippen LogP contribution in [0.15, 0.2) is 48.7 Å². The average molecular weight is 300 g/mol. The third-order valence-electron chi connectivity index (χ3n) is 3.41. The molecule has 1 heterocycles. The zero-order chi connectivity index (χ0) is 14.8. The number of pyridine rings is 1. The number of hydrogen-bond acceptors (Lipinski definition) is 3. The van der Waals surface area contributed by atoms with Gasteiger partial charge in [-0.05, 0) is 35.9 Å². The van der Waals surface area contributed by atoms with Gasteiger partial charge in [-0.15, -0.1) is 0 Å². The van der Waals surface area contributed by atoms with E-state index in [1.807, 2.05) is 42.5 Å². The normalized spacial score (nSPS) is 10.6. The molecule has 0 radical (unpaired) electrons. The van der Waals surface area contributed by atoms with Gasteiger partial charge in [-0.25, -0.2) is 0 Å². The summed E-state index contributed by atoms with van der Waals surface area (Å²) in [5, 5.41) is 1.55. The second-order valence-electron chi connectivity index (χ2n) is 4.60. The van der Waals surface area contributed by atoms with Crippen molar-refractivity contribution >= 4 is 22.5 Å². The van der Waals surface area contributed by atoms with Crippen LogP contribution >= 0.6 is 11.6 Å². The lowest BCUT2D eigenvalue weighted by molar-refractivity contribution is 0.415. The largest absolute Gasteiger partial charge is 0.497 e. The van der Waals surface area contributed by atoms with Crippen molar-refractivity contribution in [1.29, 1.82) is 0 Å². The Morgan fingerprint density at radius 2 is 1.57 bits per heavy atom. The van der Waals surface area contributed by atoms with Crippen LogP contribution in [-0.2, 0) is 0 Å². The van der Waals surface area contributed by atoms with Crippen molar-refractivity contribution in [2.45, 2.75) is 0 Å². The lowest BCUT2D eigenvalue weighted by atomic mass is 10.0. The third kappa shape index (κ3) is 2.52. The van der Waals surface area contributed by atoms with Crippen LogP contribution in [0.25, 0.3) is 22.0 Å². The minimum Gasteiger partial charge on any atom is -0.497 e. The molecule has 106 valence electrons. The van der Waals surface area contributed by atoms with Crippen LogP contribution in [0.1, 0.15) is 0 Å². The zero-order valence-corrected chi connectivity index (χ0v) is 12.5. The molecule has 0 aliphatic carbocycles. The number of fused-ring (bicyclic) bond motifs is 1. The predicted octanol–water partition coefficient (Wildman–Crippen LogP) is 4.57. The van der Waals surface area contributed by atoms with Crippen molar-refractivity contribution in [2.75, 3.05) is 14.2 Å². The van der Waals surface area contributed by atoms with Crippen molar-refractivity contribution in [2.24, 2.45) is 0 Å². The quantitative estimate of drug-likeness (QED) is 0.710. The van der Waals surface area contributed by atoms with E-state index < -0.39 is 0 Å². The minimum absolute atomic E-state index is 0.670. The Morgan fingerprint density at radius 1 is 0.905 bits per heavy atom. The summed E-state index contributed by atoms with van der Waals surface area (Å²) in [7, 11) is 3.28. The molecule has 0 atom stereocenters. The highest BCUT2D eigenvalue weighted by atomic mass is 35.5. The molecule has 1 aromatic heterocycles.